The smallest absolute Gasteiger partial charge is 0.267 e. The van der Waals surface area contributed by atoms with E-state index in [0.717, 1.165) is 11.3 Å². The fourth-order valence-electron chi connectivity index (χ4n) is 1.47. The Morgan fingerprint density at radius 3 is 2.82 bits per heavy atom. The van der Waals surface area contributed by atoms with E-state index < -0.39 is 0 Å². The number of benzene rings is 1. The van der Waals surface area contributed by atoms with Crippen molar-refractivity contribution in [2.45, 2.75) is 13.5 Å². The molecule has 0 spiro atoms. The fourth-order valence-corrected chi connectivity index (χ4v) is 2.11. The molecule has 17 heavy (non-hydrogen) atoms. The molecule has 0 amide bonds. The summed E-state index contributed by atoms with van der Waals surface area (Å²) in [5.41, 5.74) is 1.64. The molecule has 0 saturated heterocycles. The second-order valence-electron chi connectivity index (χ2n) is 3.67. The molecule has 1 aromatic heterocycles. The lowest BCUT2D eigenvalue weighted by Gasteiger charge is -2.08. The van der Waals surface area contributed by atoms with Crippen molar-refractivity contribution < 1.29 is 0 Å². The van der Waals surface area contributed by atoms with Crippen LogP contribution in [-0.2, 0) is 6.54 Å². The van der Waals surface area contributed by atoms with Gasteiger partial charge in [-0.2, -0.15) is 0 Å². The molecule has 0 aliphatic heterocycles. The Balaban J connectivity index is 2.41. The van der Waals surface area contributed by atoms with Gasteiger partial charge in [0.1, 0.15) is 0 Å². The van der Waals surface area contributed by atoms with Crippen molar-refractivity contribution in [3.63, 3.8) is 0 Å². The molecule has 5 heteroatoms. The second-order valence-corrected chi connectivity index (χ2v) is 5.15. The zero-order chi connectivity index (χ0) is 12.4. The lowest BCUT2D eigenvalue weighted by Crippen LogP contribution is -2.24. The van der Waals surface area contributed by atoms with Gasteiger partial charge in [0, 0.05) is 5.02 Å². The minimum absolute atomic E-state index is 0.0296. The van der Waals surface area contributed by atoms with Gasteiger partial charge < -0.3 is 0 Å². The Labute approximate surface area is 118 Å². The van der Waals surface area contributed by atoms with Gasteiger partial charge in [-0.1, -0.05) is 29.8 Å². The summed E-state index contributed by atoms with van der Waals surface area (Å²) in [5, 5.41) is 0.662. The van der Waals surface area contributed by atoms with E-state index in [9.17, 15) is 4.79 Å². The number of halogens is 2. The summed E-state index contributed by atoms with van der Waals surface area (Å²) in [7, 11) is 0. The molecule has 0 unspecified atom stereocenters. The van der Waals surface area contributed by atoms with Crippen LogP contribution in [0.2, 0.25) is 5.02 Å². The number of aromatic nitrogens is 2. The van der Waals surface area contributed by atoms with Crippen molar-refractivity contribution in [3.8, 4) is 0 Å². The monoisotopic (exact) mass is 360 g/mol. The van der Waals surface area contributed by atoms with Crippen LogP contribution in [0.1, 0.15) is 11.3 Å². The van der Waals surface area contributed by atoms with Gasteiger partial charge in [-0.25, -0.2) is 4.98 Å². The molecule has 0 aliphatic carbocycles. The van der Waals surface area contributed by atoms with Gasteiger partial charge in [-0.3, -0.25) is 9.36 Å². The van der Waals surface area contributed by atoms with Crippen molar-refractivity contribution in [1.29, 1.82) is 0 Å². The minimum Gasteiger partial charge on any atom is -0.294 e. The van der Waals surface area contributed by atoms with E-state index in [1.54, 1.807) is 10.9 Å². The lowest BCUT2D eigenvalue weighted by molar-refractivity contribution is 0.724. The van der Waals surface area contributed by atoms with Crippen LogP contribution < -0.4 is 5.56 Å². The first kappa shape index (κ1) is 12.6. The maximum Gasteiger partial charge on any atom is 0.267 e. The zero-order valence-electron chi connectivity index (χ0n) is 9.15. The van der Waals surface area contributed by atoms with Crippen molar-refractivity contribution in [1.82, 2.24) is 9.55 Å². The van der Waals surface area contributed by atoms with Crippen LogP contribution in [0.3, 0.4) is 0 Å². The molecule has 0 radical (unpaired) electrons. The van der Waals surface area contributed by atoms with Crippen LogP contribution in [0.4, 0.5) is 0 Å². The highest BCUT2D eigenvalue weighted by Crippen LogP contribution is 2.15. The first-order chi connectivity index (χ1) is 8.09. The molecule has 88 valence electrons. The van der Waals surface area contributed by atoms with Crippen molar-refractivity contribution in [3.05, 3.63) is 60.8 Å². The number of hydrogen-bond donors (Lipinski definition) is 0. The zero-order valence-corrected chi connectivity index (χ0v) is 12.1. The summed E-state index contributed by atoms with van der Waals surface area (Å²) >= 11 is 8.08. The molecular weight excluding hydrogens is 351 g/mol. The second kappa shape index (κ2) is 5.18. The molecule has 1 heterocycles. The average Bonchev–Trinajstić information content (AvgIpc) is 2.32. The summed E-state index contributed by atoms with van der Waals surface area (Å²) in [6, 6.07) is 7.49. The highest BCUT2D eigenvalue weighted by molar-refractivity contribution is 14.1. The highest BCUT2D eigenvalue weighted by atomic mass is 127. The normalized spacial score (nSPS) is 10.5. The van der Waals surface area contributed by atoms with Crippen LogP contribution in [0.25, 0.3) is 0 Å². The van der Waals surface area contributed by atoms with Gasteiger partial charge in [0.05, 0.1) is 22.1 Å². The first-order valence-electron chi connectivity index (χ1n) is 5.04. The topological polar surface area (TPSA) is 34.9 Å². The molecule has 0 aliphatic rings. The summed E-state index contributed by atoms with van der Waals surface area (Å²) < 4.78 is 2.22. The Morgan fingerprint density at radius 1 is 1.41 bits per heavy atom. The average molecular weight is 361 g/mol. The largest absolute Gasteiger partial charge is 0.294 e. The summed E-state index contributed by atoms with van der Waals surface area (Å²) in [4.78, 5) is 16.2. The number of nitrogens with zero attached hydrogens (tertiary/aromatic N) is 2. The molecule has 1 aromatic carbocycles. The number of hydrogen-bond acceptors (Lipinski definition) is 2. The third-order valence-corrected chi connectivity index (χ3v) is 4.07. The Bertz CT molecular complexity index is 610. The minimum atomic E-state index is -0.0296. The van der Waals surface area contributed by atoms with Gasteiger partial charge >= 0.3 is 0 Å². The van der Waals surface area contributed by atoms with E-state index in [2.05, 4.69) is 4.98 Å². The fraction of sp³-hybridized carbons (Fsp3) is 0.167. The molecule has 3 nitrogen and oxygen atoms in total. The van der Waals surface area contributed by atoms with Crippen molar-refractivity contribution in [2.24, 2.45) is 0 Å². The van der Waals surface area contributed by atoms with Crippen LogP contribution in [0.5, 0.6) is 0 Å². The van der Waals surface area contributed by atoms with Crippen molar-refractivity contribution in [2.75, 3.05) is 0 Å². The lowest BCUT2D eigenvalue weighted by atomic mass is 10.2. The molecule has 0 fully saturated rings. The summed E-state index contributed by atoms with van der Waals surface area (Å²) in [6.07, 6.45) is 1.56. The summed E-state index contributed by atoms with van der Waals surface area (Å²) in [6.45, 7) is 2.27. The molecular formula is C12H10ClIN2O. The highest BCUT2D eigenvalue weighted by Gasteiger charge is 2.07. The quantitative estimate of drug-likeness (QED) is 0.772. The third-order valence-electron chi connectivity index (χ3n) is 2.46. The van der Waals surface area contributed by atoms with Gasteiger partial charge in [-0.15, -0.1) is 0 Å². The van der Waals surface area contributed by atoms with E-state index in [1.807, 2.05) is 53.8 Å². The molecule has 0 bridgehead atoms. The Kier molecular flexibility index (Phi) is 3.83. The van der Waals surface area contributed by atoms with Crippen molar-refractivity contribution >= 4 is 34.2 Å². The van der Waals surface area contributed by atoms with E-state index in [0.29, 0.717) is 15.1 Å². The van der Waals surface area contributed by atoms with Crippen LogP contribution in [-0.4, -0.2) is 9.55 Å². The molecule has 0 saturated carbocycles. The molecule has 2 aromatic rings. The predicted molar refractivity (Wildman–Crippen MR) is 76.5 cm³/mol. The van der Waals surface area contributed by atoms with Gasteiger partial charge in [0.2, 0.25) is 0 Å². The number of aryl methyl sites for hydroxylation is 1. The van der Waals surface area contributed by atoms with Gasteiger partial charge in [0.15, 0.2) is 0 Å². The van der Waals surface area contributed by atoms with Gasteiger partial charge in [-0.05, 0) is 41.1 Å². The molecule has 0 N–H and O–H groups in total. The van der Waals surface area contributed by atoms with E-state index >= 15 is 0 Å². The van der Waals surface area contributed by atoms with Crippen LogP contribution in [0, 0.1) is 10.5 Å². The molecule has 2 rings (SSSR count). The number of rotatable bonds is 2. The van der Waals surface area contributed by atoms with E-state index in [-0.39, 0.29) is 5.56 Å². The first-order valence-corrected chi connectivity index (χ1v) is 6.50. The maximum absolute atomic E-state index is 12.0. The third kappa shape index (κ3) is 2.69. The Morgan fingerprint density at radius 2 is 2.12 bits per heavy atom. The SMILES string of the molecule is Cc1ncn(Cc2ccccc2Cl)c(=O)c1I. The van der Waals surface area contributed by atoms with Crippen LogP contribution >= 0.6 is 34.2 Å². The molecule has 0 atom stereocenters. The van der Waals surface area contributed by atoms with E-state index in [4.69, 9.17) is 11.6 Å². The summed E-state index contributed by atoms with van der Waals surface area (Å²) in [5.74, 6) is 0. The Hall–Kier alpha value is -0.880. The maximum atomic E-state index is 12.0. The standard InChI is InChI=1S/C12H10ClIN2O/c1-8-11(14)12(17)16(7-15-8)6-9-4-2-3-5-10(9)13/h2-5,7H,6H2,1H3. The van der Waals surface area contributed by atoms with Crippen LogP contribution in [0.15, 0.2) is 35.4 Å². The van der Waals surface area contributed by atoms with E-state index in [1.165, 1.54) is 0 Å². The predicted octanol–water partition coefficient (Wildman–Crippen LogP) is 2.86. The van der Waals surface area contributed by atoms with Gasteiger partial charge in [0.25, 0.3) is 5.56 Å².